The highest BCUT2D eigenvalue weighted by Crippen LogP contribution is 2.42. The van der Waals surface area contributed by atoms with Crippen molar-refractivity contribution in [3.05, 3.63) is 34.8 Å². The van der Waals surface area contributed by atoms with Crippen LogP contribution in [0, 0.1) is 0 Å². The standard InChI is InChI=1S/C20H23N5S2/c1-25-10-7-13(8-11-25)19-24-17(16-3-2-12-26-16)18(27-19)15-6-9-21-20(23-15)22-14-4-5-14/h2-3,6,9,12-14H,4-5,7-8,10-11H2,1H3,(H,21,22,23). The molecular formula is C20H23N5S2. The van der Waals surface area contributed by atoms with Crippen LogP contribution in [0.3, 0.4) is 0 Å². The van der Waals surface area contributed by atoms with Crippen molar-refractivity contribution in [1.29, 1.82) is 0 Å². The predicted molar refractivity (Wildman–Crippen MR) is 113 cm³/mol. The summed E-state index contributed by atoms with van der Waals surface area (Å²) in [5.41, 5.74) is 2.06. The molecule has 1 N–H and O–H groups in total. The van der Waals surface area contributed by atoms with Gasteiger partial charge in [-0.2, -0.15) is 0 Å². The molecule has 27 heavy (non-hydrogen) atoms. The van der Waals surface area contributed by atoms with Gasteiger partial charge in [-0.05, 0) is 63.3 Å². The van der Waals surface area contributed by atoms with Gasteiger partial charge >= 0.3 is 0 Å². The first-order chi connectivity index (χ1) is 13.3. The number of hydrogen-bond donors (Lipinski definition) is 1. The first kappa shape index (κ1) is 17.3. The van der Waals surface area contributed by atoms with Gasteiger partial charge in [-0.25, -0.2) is 15.0 Å². The lowest BCUT2D eigenvalue weighted by atomic mass is 9.98. The molecule has 5 rings (SSSR count). The van der Waals surface area contributed by atoms with Crippen LogP contribution < -0.4 is 5.32 Å². The number of thiophene rings is 1. The molecule has 2 aliphatic rings. The Morgan fingerprint density at radius 1 is 1.11 bits per heavy atom. The normalized spacial score (nSPS) is 18.7. The van der Waals surface area contributed by atoms with Crippen LogP contribution in [-0.4, -0.2) is 46.0 Å². The van der Waals surface area contributed by atoms with Crippen molar-refractivity contribution >= 4 is 28.6 Å². The number of nitrogens with one attached hydrogen (secondary N) is 1. The Kier molecular flexibility index (Phi) is 4.67. The Bertz CT molecular complexity index is 908. The van der Waals surface area contributed by atoms with E-state index in [-0.39, 0.29) is 0 Å². The average Bonchev–Trinajstić information content (AvgIpc) is 3.17. The highest BCUT2D eigenvalue weighted by molar-refractivity contribution is 7.17. The second-order valence-electron chi connectivity index (χ2n) is 7.47. The van der Waals surface area contributed by atoms with Gasteiger partial charge in [-0.1, -0.05) is 6.07 Å². The first-order valence-corrected chi connectivity index (χ1v) is 11.3. The number of rotatable bonds is 5. The van der Waals surface area contributed by atoms with Gasteiger partial charge in [0.05, 0.1) is 20.5 Å². The van der Waals surface area contributed by atoms with Gasteiger partial charge in [0, 0.05) is 18.2 Å². The number of hydrogen-bond acceptors (Lipinski definition) is 7. The summed E-state index contributed by atoms with van der Waals surface area (Å²) < 4.78 is 0. The topological polar surface area (TPSA) is 53.9 Å². The van der Waals surface area contributed by atoms with Gasteiger partial charge in [0.15, 0.2) is 0 Å². The SMILES string of the molecule is CN1CCC(c2nc(-c3cccs3)c(-c3ccnc(NC4CC4)n3)s2)CC1. The van der Waals surface area contributed by atoms with Crippen molar-refractivity contribution < 1.29 is 0 Å². The molecule has 140 valence electrons. The molecule has 3 aromatic rings. The zero-order chi connectivity index (χ0) is 18.2. The van der Waals surface area contributed by atoms with E-state index in [1.54, 1.807) is 11.3 Å². The van der Waals surface area contributed by atoms with E-state index < -0.39 is 0 Å². The molecule has 0 spiro atoms. The molecule has 0 unspecified atom stereocenters. The van der Waals surface area contributed by atoms with Crippen LogP contribution in [0.5, 0.6) is 0 Å². The quantitative estimate of drug-likeness (QED) is 0.675. The third-order valence-electron chi connectivity index (χ3n) is 5.26. The van der Waals surface area contributed by atoms with Gasteiger partial charge in [-0.15, -0.1) is 22.7 Å². The highest BCUT2D eigenvalue weighted by Gasteiger charge is 2.26. The molecular weight excluding hydrogens is 374 g/mol. The van der Waals surface area contributed by atoms with E-state index in [2.05, 4.69) is 39.8 Å². The van der Waals surface area contributed by atoms with Crippen molar-refractivity contribution in [2.24, 2.45) is 0 Å². The Morgan fingerprint density at radius 3 is 2.70 bits per heavy atom. The Labute approximate surface area is 167 Å². The largest absolute Gasteiger partial charge is 0.351 e. The van der Waals surface area contributed by atoms with Crippen molar-refractivity contribution in [3.63, 3.8) is 0 Å². The second-order valence-corrected chi connectivity index (χ2v) is 9.45. The lowest BCUT2D eigenvalue weighted by molar-refractivity contribution is 0.255. The zero-order valence-corrected chi connectivity index (χ0v) is 17.0. The molecule has 1 aliphatic carbocycles. The van der Waals surface area contributed by atoms with Crippen LogP contribution in [0.2, 0.25) is 0 Å². The van der Waals surface area contributed by atoms with E-state index in [1.165, 1.54) is 40.4 Å². The maximum absolute atomic E-state index is 5.11. The van der Waals surface area contributed by atoms with Crippen molar-refractivity contribution in [3.8, 4) is 21.1 Å². The first-order valence-electron chi connectivity index (χ1n) is 9.59. The molecule has 5 nitrogen and oxygen atoms in total. The Hall–Kier alpha value is -1.83. The van der Waals surface area contributed by atoms with E-state index in [0.717, 1.165) is 30.4 Å². The van der Waals surface area contributed by atoms with Crippen LogP contribution in [0.1, 0.15) is 36.6 Å². The zero-order valence-electron chi connectivity index (χ0n) is 15.4. The van der Waals surface area contributed by atoms with Crippen molar-refractivity contribution in [1.82, 2.24) is 19.9 Å². The predicted octanol–water partition coefficient (Wildman–Crippen LogP) is 4.71. The molecule has 2 fully saturated rings. The number of anilines is 1. The molecule has 1 saturated heterocycles. The number of nitrogens with zero attached hydrogens (tertiary/aromatic N) is 4. The minimum absolute atomic E-state index is 0.549. The summed E-state index contributed by atoms with van der Waals surface area (Å²) in [4.78, 5) is 19.1. The van der Waals surface area contributed by atoms with E-state index in [9.17, 15) is 0 Å². The average molecular weight is 398 g/mol. The lowest BCUT2D eigenvalue weighted by Crippen LogP contribution is -2.29. The molecule has 3 aromatic heterocycles. The van der Waals surface area contributed by atoms with Gasteiger partial charge in [-0.3, -0.25) is 0 Å². The summed E-state index contributed by atoms with van der Waals surface area (Å²) in [5, 5.41) is 6.79. The molecule has 0 amide bonds. The van der Waals surface area contributed by atoms with Gasteiger partial charge in [0.25, 0.3) is 0 Å². The van der Waals surface area contributed by atoms with Gasteiger partial charge < -0.3 is 10.2 Å². The van der Waals surface area contributed by atoms with Gasteiger partial charge in [0.2, 0.25) is 5.95 Å². The maximum atomic E-state index is 5.11. The summed E-state index contributed by atoms with van der Waals surface area (Å²) >= 11 is 3.57. The summed E-state index contributed by atoms with van der Waals surface area (Å²) in [6.07, 6.45) is 6.67. The van der Waals surface area contributed by atoms with E-state index in [4.69, 9.17) is 9.97 Å². The minimum atomic E-state index is 0.549. The number of piperidine rings is 1. The Balaban J connectivity index is 1.52. The monoisotopic (exact) mass is 397 g/mol. The molecule has 4 heterocycles. The van der Waals surface area contributed by atoms with Crippen LogP contribution in [0.15, 0.2) is 29.8 Å². The van der Waals surface area contributed by atoms with E-state index >= 15 is 0 Å². The Morgan fingerprint density at radius 2 is 1.96 bits per heavy atom. The van der Waals surface area contributed by atoms with Crippen molar-refractivity contribution in [2.45, 2.75) is 37.6 Å². The fourth-order valence-corrected chi connectivity index (χ4v) is 5.49. The summed E-state index contributed by atoms with van der Waals surface area (Å²) in [5.74, 6) is 1.30. The molecule has 1 saturated carbocycles. The van der Waals surface area contributed by atoms with E-state index in [1.807, 2.05) is 23.6 Å². The summed E-state index contributed by atoms with van der Waals surface area (Å²) in [6, 6.07) is 6.82. The molecule has 1 aliphatic heterocycles. The van der Waals surface area contributed by atoms with E-state index in [0.29, 0.717) is 12.0 Å². The molecule has 0 atom stereocenters. The number of aromatic nitrogens is 3. The van der Waals surface area contributed by atoms with Crippen LogP contribution in [0.4, 0.5) is 5.95 Å². The maximum Gasteiger partial charge on any atom is 0.223 e. The number of likely N-dealkylation sites (tertiary alicyclic amines) is 1. The highest BCUT2D eigenvalue weighted by atomic mass is 32.1. The summed E-state index contributed by atoms with van der Waals surface area (Å²) in [7, 11) is 2.20. The van der Waals surface area contributed by atoms with Crippen LogP contribution in [0.25, 0.3) is 21.1 Å². The number of thiazole rings is 1. The van der Waals surface area contributed by atoms with Crippen LogP contribution in [-0.2, 0) is 0 Å². The fraction of sp³-hybridized carbons (Fsp3) is 0.450. The third-order valence-corrected chi connectivity index (χ3v) is 7.38. The molecule has 7 heteroatoms. The van der Waals surface area contributed by atoms with Crippen molar-refractivity contribution in [2.75, 3.05) is 25.5 Å². The molecule has 0 radical (unpaired) electrons. The van der Waals surface area contributed by atoms with Crippen LogP contribution >= 0.6 is 22.7 Å². The smallest absolute Gasteiger partial charge is 0.223 e. The fourth-order valence-electron chi connectivity index (χ4n) is 3.49. The molecule has 0 aromatic carbocycles. The lowest BCUT2D eigenvalue weighted by Gasteiger charge is -2.27. The second kappa shape index (κ2) is 7.30. The summed E-state index contributed by atoms with van der Waals surface area (Å²) in [6.45, 7) is 2.30. The van der Waals surface area contributed by atoms with Gasteiger partial charge in [0.1, 0.15) is 5.69 Å². The third kappa shape index (κ3) is 3.77. The minimum Gasteiger partial charge on any atom is -0.351 e. The molecule has 0 bridgehead atoms.